The molecule has 0 amide bonds. The van der Waals surface area contributed by atoms with Crippen LogP contribution in [-0.2, 0) is 4.79 Å². The van der Waals surface area contributed by atoms with Crippen molar-refractivity contribution in [2.45, 2.75) is 18.8 Å². The van der Waals surface area contributed by atoms with Crippen LogP contribution in [0.15, 0.2) is 24.3 Å². The summed E-state index contributed by atoms with van der Waals surface area (Å²) in [5.41, 5.74) is 0.764. The van der Waals surface area contributed by atoms with Crippen LogP contribution in [-0.4, -0.2) is 6.29 Å². The van der Waals surface area contributed by atoms with Crippen molar-refractivity contribution in [3.63, 3.8) is 0 Å². The minimum absolute atomic E-state index is 0.142. The predicted octanol–water partition coefficient (Wildman–Crippen LogP) is 2.52. The van der Waals surface area contributed by atoms with Gasteiger partial charge in [0.2, 0.25) is 0 Å². The highest BCUT2D eigenvalue weighted by molar-refractivity contribution is 5.56. The van der Waals surface area contributed by atoms with Crippen molar-refractivity contribution in [2.75, 3.05) is 0 Å². The third kappa shape index (κ3) is 1.48. The lowest BCUT2D eigenvalue weighted by Crippen LogP contribution is -2.23. The molecule has 2 heteroatoms. The van der Waals surface area contributed by atoms with Gasteiger partial charge in [0.15, 0.2) is 0 Å². The van der Waals surface area contributed by atoms with Crippen molar-refractivity contribution in [2.24, 2.45) is 5.92 Å². The van der Waals surface area contributed by atoms with Crippen molar-refractivity contribution < 1.29 is 9.18 Å². The smallest absolute Gasteiger partial charge is 0.126 e. The zero-order valence-electron chi connectivity index (χ0n) is 7.24. The highest BCUT2D eigenvalue weighted by atomic mass is 19.1. The molecule has 13 heavy (non-hydrogen) atoms. The molecule has 1 aliphatic rings. The molecule has 0 atom stereocenters. The standard InChI is InChI=1S/C11H11FO/c12-11-4-2-1-3-10(11)9-5-8(6-9)7-13/h1-4,7-9H,5-6H2. The summed E-state index contributed by atoms with van der Waals surface area (Å²) >= 11 is 0. The second kappa shape index (κ2) is 3.29. The molecule has 1 nitrogen and oxygen atoms in total. The fraction of sp³-hybridized carbons (Fsp3) is 0.364. The Labute approximate surface area is 76.6 Å². The van der Waals surface area contributed by atoms with E-state index in [0.717, 1.165) is 24.7 Å². The van der Waals surface area contributed by atoms with E-state index in [1.165, 1.54) is 6.07 Å². The lowest BCUT2D eigenvalue weighted by Gasteiger charge is -2.31. The topological polar surface area (TPSA) is 17.1 Å². The monoisotopic (exact) mass is 178 g/mol. The van der Waals surface area contributed by atoms with E-state index in [9.17, 15) is 9.18 Å². The van der Waals surface area contributed by atoms with Crippen molar-refractivity contribution in [1.82, 2.24) is 0 Å². The Bertz CT molecular complexity index is 316. The number of hydrogen-bond acceptors (Lipinski definition) is 1. The molecule has 0 spiro atoms. The third-order valence-corrected chi connectivity index (χ3v) is 2.71. The summed E-state index contributed by atoms with van der Waals surface area (Å²) in [5, 5.41) is 0. The van der Waals surface area contributed by atoms with Gasteiger partial charge in [-0.25, -0.2) is 4.39 Å². The summed E-state index contributed by atoms with van der Waals surface area (Å²) in [6.07, 6.45) is 2.59. The van der Waals surface area contributed by atoms with E-state index < -0.39 is 0 Å². The van der Waals surface area contributed by atoms with E-state index in [-0.39, 0.29) is 17.7 Å². The molecule has 1 aromatic carbocycles. The van der Waals surface area contributed by atoms with Crippen molar-refractivity contribution in [1.29, 1.82) is 0 Å². The average molecular weight is 178 g/mol. The summed E-state index contributed by atoms with van der Waals surface area (Å²) in [7, 11) is 0. The zero-order valence-corrected chi connectivity index (χ0v) is 7.24. The molecule has 68 valence electrons. The van der Waals surface area contributed by atoms with Gasteiger partial charge < -0.3 is 4.79 Å². The number of carbonyl (C=O) groups excluding carboxylic acids is 1. The molecular formula is C11H11FO. The van der Waals surface area contributed by atoms with E-state index in [2.05, 4.69) is 0 Å². The maximum atomic E-state index is 13.2. The Balaban J connectivity index is 2.11. The van der Waals surface area contributed by atoms with Crippen LogP contribution in [0.4, 0.5) is 4.39 Å². The van der Waals surface area contributed by atoms with Gasteiger partial charge in [-0.1, -0.05) is 18.2 Å². The summed E-state index contributed by atoms with van der Waals surface area (Å²) in [6, 6.07) is 6.81. The maximum absolute atomic E-state index is 13.2. The first-order valence-corrected chi connectivity index (χ1v) is 4.51. The highest BCUT2D eigenvalue weighted by Gasteiger charge is 2.31. The SMILES string of the molecule is O=CC1CC(c2ccccc2F)C1. The Morgan fingerprint density at radius 1 is 1.31 bits per heavy atom. The van der Waals surface area contributed by atoms with E-state index in [1.807, 2.05) is 6.07 Å². The third-order valence-electron chi connectivity index (χ3n) is 2.71. The van der Waals surface area contributed by atoms with Gasteiger partial charge in [-0.2, -0.15) is 0 Å². The van der Waals surface area contributed by atoms with E-state index >= 15 is 0 Å². The summed E-state index contributed by atoms with van der Waals surface area (Å²) in [4.78, 5) is 10.4. The highest BCUT2D eigenvalue weighted by Crippen LogP contribution is 2.41. The minimum atomic E-state index is -0.142. The second-order valence-electron chi connectivity index (χ2n) is 3.59. The molecule has 0 aromatic heterocycles. The van der Waals surface area contributed by atoms with E-state index in [0.29, 0.717) is 0 Å². The molecule has 0 aliphatic heterocycles. The lowest BCUT2D eigenvalue weighted by atomic mass is 9.72. The Morgan fingerprint density at radius 2 is 2.00 bits per heavy atom. The summed E-state index contributed by atoms with van der Waals surface area (Å²) < 4.78 is 13.2. The number of aldehydes is 1. The van der Waals surface area contributed by atoms with Crippen LogP contribution >= 0.6 is 0 Å². The predicted molar refractivity (Wildman–Crippen MR) is 47.9 cm³/mol. The van der Waals surface area contributed by atoms with Gasteiger partial charge in [0.1, 0.15) is 12.1 Å². The van der Waals surface area contributed by atoms with Crippen LogP contribution in [0.2, 0.25) is 0 Å². The Kier molecular flexibility index (Phi) is 2.13. The number of rotatable bonds is 2. The van der Waals surface area contributed by atoms with Crippen LogP contribution in [0, 0.1) is 11.7 Å². The van der Waals surface area contributed by atoms with Gasteiger partial charge in [-0.15, -0.1) is 0 Å². The van der Waals surface area contributed by atoms with E-state index in [1.54, 1.807) is 12.1 Å². The molecule has 1 saturated carbocycles. The van der Waals surface area contributed by atoms with Crippen molar-refractivity contribution >= 4 is 6.29 Å². The van der Waals surface area contributed by atoms with Gasteiger partial charge in [0.05, 0.1) is 0 Å². The summed E-state index contributed by atoms with van der Waals surface area (Å²) in [5.74, 6) is 0.276. The molecule has 0 unspecified atom stereocenters. The van der Waals surface area contributed by atoms with Crippen molar-refractivity contribution in [3.8, 4) is 0 Å². The van der Waals surface area contributed by atoms with Crippen LogP contribution in [0.1, 0.15) is 24.3 Å². The van der Waals surface area contributed by atoms with Crippen LogP contribution in [0.5, 0.6) is 0 Å². The number of hydrogen-bond donors (Lipinski definition) is 0. The first-order chi connectivity index (χ1) is 6.31. The van der Waals surface area contributed by atoms with E-state index in [4.69, 9.17) is 0 Å². The molecule has 1 aliphatic carbocycles. The van der Waals surface area contributed by atoms with Gasteiger partial charge in [-0.05, 0) is 30.4 Å². The second-order valence-corrected chi connectivity index (χ2v) is 3.59. The molecule has 1 aromatic rings. The lowest BCUT2D eigenvalue weighted by molar-refractivity contribution is -0.113. The molecule has 0 saturated heterocycles. The maximum Gasteiger partial charge on any atom is 0.126 e. The first kappa shape index (κ1) is 8.42. The fourth-order valence-corrected chi connectivity index (χ4v) is 1.83. The zero-order chi connectivity index (χ0) is 9.26. The van der Waals surface area contributed by atoms with Crippen LogP contribution in [0.3, 0.4) is 0 Å². The molecule has 0 bridgehead atoms. The molecule has 2 rings (SSSR count). The summed E-state index contributed by atoms with van der Waals surface area (Å²) in [6.45, 7) is 0. The quantitative estimate of drug-likeness (QED) is 0.636. The molecule has 0 heterocycles. The average Bonchev–Trinajstić information content (AvgIpc) is 2.06. The normalized spacial score (nSPS) is 26.5. The van der Waals surface area contributed by atoms with Crippen LogP contribution in [0.25, 0.3) is 0 Å². The first-order valence-electron chi connectivity index (χ1n) is 4.51. The van der Waals surface area contributed by atoms with Gasteiger partial charge in [0, 0.05) is 5.92 Å². The largest absolute Gasteiger partial charge is 0.303 e. The van der Waals surface area contributed by atoms with Crippen LogP contribution < -0.4 is 0 Å². The fourth-order valence-electron chi connectivity index (χ4n) is 1.83. The van der Waals surface area contributed by atoms with Gasteiger partial charge in [0.25, 0.3) is 0 Å². The number of benzene rings is 1. The molecule has 0 radical (unpaired) electrons. The van der Waals surface area contributed by atoms with Gasteiger partial charge in [-0.3, -0.25) is 0 Å². The molecule has 0 N–H and O–H groups in total. The number of halogens is 1. The Morgan fingerprint density at radius 3 is 2.62 bits per heavy atom. The number of carbonyl (C=O) groups is 1. The Hall–Kier alpha value is -1.18. The minimum Gasteiger partial charge on any atom is -0.303 e. The molecular weight excluding hydrogens is 167 g/mol. The van der Waals surface area contributed by atoms with Gasteiger partial charge >= 0.3 is 0 Å². The van der Waals surface area contributed by atoms with Crippen molar-refractivity contribution in [3.05, 3.63) is 35.6 Å². The molecule has 1 fully saturated rings.